The zero-order valence-electron chi connectivity index (χ0n) is 12.4. The van der Waals surface area contributed by atoms with E-state index in [9.17, 15) is 9.90 Å². The lowest BCUT2D eigenvalue weighted by Gasteiger charge is -2.14. The van der Waals surface area contributed by atoms with Gasteiger partial charge >= 0.3 is 0 Å². The highest BCUT2D eigenvalue weighted by Crippen LogP contribution is 2.26. The van der Waals surface area contributed by atoms with Gasteiger partial charge in [-0.3, -0.25) is 9.36 Å². The quantitative estimate of drug-likeness (QED) is 0.747. The molecule has 0 aliphatic carbocycles. The summed E-state index contributed by atoms with van der Waals surface area (Å²) in [6.45, 7) is 5.62. The van der Waals surface area contributed by atoms with E-state index in [1.54, 1.807) is 22.8 Å². The third kappa shape index (κ3) is 2.21. The molecule has 0 bridgehead atoms. The van der Waals surface area contributed by atoms with Crippen LogP contribution in [0.15, 0.2) is 66.0 Å². The Hall–Kier alpha value is -2.81. The first-order valence-corrected chi connectivity index (χ1v) is 7.17. The maximum atomic E-state index is 13.0. The molecule has 0 aliphatic heterocycles. The van der Waals surface area contributed by atoms with E-state index >= 15 is 0 Å². The highest BCUT2D eigenvalue weighted by molar-refractivity contribution is 5.87. The van der Waals surface area contributed by atoms with Crippen LogP contribution >= 0.6 is 0 Å². The van der Waals surface area contributed by atoms with E-state index in [2.05, 4.69) is 6.58 Å². The predicted octanol–water partition coefficient (Wildman–Crippen LogP) is 3.73. The monoisotopic (exact) mass is 291 g/mol. The van der Waals surface area contributed by atoms with Gasteiger partial charge in [0.15, 0.2) is 0 Å². The smallest absolute Gasteiger partial charge is 0.263 e. The van der Waals surface area contributed by atoms with Crippen molar-refractivity contribution in [2.24, 2.45) is 0 Å². The van der Waals surface area contributed by atoms with E-state index in [0.717, 1.165) is 16.8 Å². The Labute approximate surface area is 128 Å². The molecule has 0 aliphatic rings. The van der Waals surface area contributed by atoms with Gasteiger partial charge in [-0.2, -0.15) is 0 Å². The number of benzene rings is 2. The van der Waals surface area contributed by atoms with Crippen LogP contribution in [-0.4, -0.2) is 9.67 Å². The average Bonchev–Trinajstić information content (AvgIpc) is 2.51. The molecular formula is C19H17NO2. The van der Waals surface area contributed by atoms with Gasteiger partial charge in [0.1, 0.15) is 5.75 Å². The zero-order chi connectivity index (χ0) is 15.7. The first-order chi connectivity index (χ1) is 10.6. The number of aromatic nitrogens is 1. The van der Waals surface area contributed by atoms with Crippen LogP contribution in [0.5, 0.6) is 5.75 Å². The van der Waals surface area contributed by atoms with Crippen molar-refractivity contribution in [2.75, 3.05) is 0 Å². The number of fused-ring (bicyclic) bond motifs is 1. The van der Waals surface area contributed by atoms with E-state index in [-0.39, 0.29) is 11.3 Å². The van der Waals surface area contributed by atoms with E-state index in [1.807, 2.05) is 43.3 Å². The Bertz CT molecular complexity index is 908. The SMILES string of the molecule is C=CCc1c(O)ccc2cc(C)n(-c3ccccc3)c(=O)c12. The Morgan fingerprint density at radius 2 is 1.91 bits per heavy atom. The lowest BCUT2D eigenvalue weighted by Crippen LogP contribution is -2.21. The fourth-order valence-corrected chi connectivity index (χ4v) is 2.84. The van der Waals surface area contributed by atoms with Gasteiger partial charge in [0.2, 0.25) is 0 Å². The summed E-state index contributed by atoms with van der Waals surface area (Å²) in [6, 6.07) is 14.9. The van der Waals surface area contributed by atoms with Crippen LogP contribution in [0.2, 0.25) is 0 Å². The number of para-hydroxylation sites is 1. The van der Waals surface area contributed by atoms with Gasteiger partial charge in [0.05, 0.1) is 5.39 Å². The molecule has 110 valence electrons. The molecule has 0 radical (unpaired) electrons. The third-order valence-electron chi connectivity index (χ3n) is 3.82. The minimum absolute atomic E-state index is 0.117. The molecule has 0 amide bonds. The largest absolute Gasteiger partial charge is 0.508 e. The number of hydrogen-bond acceptors (Lipinski definition) is 2. The van der Waals surface area contributed by atoms with Gasteiger partial charge in [-0.05, 0) is 43.0 Å². The number of hydrogen-bond donors (Lipinski definition) is 1. The molecule has 3 nitrogen and oxygen atoms in total. The molecular weight excluding hydrogens is 274 g/mol. The highest BCUT2D eigenvalue weighted by Gasteiger charge is 2.14. The first-order valence-electron chi connectivity index (χ1n) is 7.17. The standard InChI is InChI=1S/C19H17NO2/c1-3-7-16-17(21)11-10-14-12-13(2)20(19(22)18(14)16)15-8-5-4-6-9-15/h3-6,8-12,21H,1,7H2,2H3. The number of pyridine rings is 1. The molecule has 3 heteroatoms. The van der Waals surface area contributed by atoms with Crippen LogP contribution in [0, 0.1) is 6.92 Å². The number of aromatic hydroxyl groups is 1. The molecule has 1 aromatic heterocycles. The number of phenolic OH excluding ortho intramolecular Hbond substituents is 1. The van der Waals surface area contributed by atoms with E-state index in [4.69, 9.17) is 0 Å². The fraction of sp³-hybridized carbons (Fsp3) is 0.105. The normalized spacial score (nSPS) is 10.8. The van der Waals surface area contributed by atoms with Crippen molar-refractivity contribution in [3.63, 3.8) is 0 Å². The summed E-state index contributed by atoms with van der Waals surface area (Å²) in [7, 11) is 0. The van der Waals surface area contributed by atoms with Crippen molar-refractivity contribution in [3.8, 4) is 11.4 Å². The maximum absolute atomic E-state index is 13.0. The number of nitrogens with zero attached hydrogens (tertiary/aromatic N) is 1. The second kappa shape index (κ2) is 5.53. The second-order valence-electron chi connectivity index (χ2n) is 5.28. The molecule has 0 unspecified atom stereocenters. The van der Waals surface area contributed by atoms with Crippen LogP contribution in [0.25, 0.3) is 16.5 Å². The molecule has 0 spiro atoms. The molecule has 0 saturated carbocycles. The lowest BCUT2D eigenvalue weighted by molar-refractivity contribution is 0.471. The number of aryl methyl sites for hydroxylation is 1. The maximum Gasteiger partial charge on any atom is 0.263 e. The Balaban J connectivity index is 2.44. The number of rotatable bonds is 3. The van der Waals surface area contributed by atoms with Gasteiger partial charge in [0, 0.05) is 16.9 Å². The van der Waals surface area contributed by atoms with Crippen molar-refractivity contribution in [1.82, 2.24) is 4.57 Å². The van der Waals surface area contributed by atoms with Crippen LogP contribution in [0.1, 0.15) is 11.3 Å². The van der Waals surface area contributed by atoms with Crippen LogP contribution in [0.4, 0.5) is 0 Å². The van der Waals surface area contributed by atoms with Gasteiger partial charge in [-0.25, -0.2) is 0 Å². The van der Waals surface area contributed by atoms with Gasteiger partial charge in [0.25, 0.3) is 5.56 Å². The molecule has 0 fully saturated rings. The summed E-state index contributed by atoms with van der Waals surface area (Å²) in [4.78, 5) is 13.0. The van der Waals surface area contributed by atoms with E-state index in [0.29, 0.717) is 17.4 Å². The molecule has 0 saturated heterocycles. The van der Waals surface area contributed by atoms with E-state index < -0.39 is 0 Å². The summed E-state index contributed by atoms with van der Waals surface area (Å²) in [5.74, 6) is 0.132. The Morgan fingerprint density at radius 1 is 1.18 bits per heavy atom. The van der Waals surface area contributed by atoms with Crippen molar-refractivity contribution >= 4 is 10.8 Å². The minimum Gasteiger partial charge on any atom is -0.508 e. The van der Waals surface area contributed by atoms with Crippen molar-refractivity contribution in [1.29, 1.82) is 0 Å². The van der Waals surface area contributed by atoms with Gasteiger partial charge in [-0.1, -0.05) is 30.3 Å². The van der Waals surface area contributed by atoms with Crippen molar-refractivity contribution in [2.45, 2.75) is 13.3 Å². The number of phenols is 1. The molecule has 1 N–H and O–H groups in total. The average molecular weight is 291 g/mol. The second-order valence-corrected chi connectivity index (χ2v) is 5.28. The minimum atomic E-state index is -0.117. The third-order valence-corrected chi connectivity index (χ3v) is 3.82. The molecule has 3 rings (SSSR count). The predicted molar refractivity (Wildman–Crippen MR) is 89.8 cm³/mol. The summed E-state index contributed by atoms with van der Waals surface area (Å²) in [5, 5.41) is 11.5. The van der Waals surface area contributed by atoms with Crippen molar-refractivity contribution in [3.05, 3.63) is 82.8 Å². The highest BCUT2D eigenvalue weighted by atomic mass is 16.3. The lowest BCUT2D eigenvalue weighted by atomic mass is 10.0. The molecule has 1 heterocycles. The summed E-state index contributed by atoms with van der Waals surface area (Å²) < 4.78 is 1.67. The number of allylic oxidation sites excluding steroid dienone is 1. The Kier molecular flexibility index (Phi) is 3.55. The summed E-state index contributed by atoms with van der Waals surface area (Å²) >= 11 is 0. The van der Waals surface area contributed by atoms with Gasteiger partial charge < -0.3 is 5.11 Å². The molecule has 3 aromatic rings. The summed E-state index contributed by atoms with van der Waals surface area (Å²) in [5.41, 5.74) is 2.19. The molecule has 0 atom stereocenters. The van der Waals surface area contributed by atoms with Crippen LogP contribution < -0.4 is 5.56 Å². The topological polar surface area (TPSA) is 42.2 Å². The molecule has 22 heavy (non-hydrogen) atoms. The van der Waals surface area contributed by atoms with Crippen LogP contribution in [0.3, 0.4) is 0 Å². The Morgan fingerprint density at radius 3 is 2.59 bits per heavy atom. The van der Waals surface area contributed by atoms with Gasteiger partial charge in [-0.15, -0.1) is 6.58 Å². The summed E-state index contributed by atoms with van der Waals surface area (Å²) in [6.07, 6.45) is 2.15. The van der Waals surface area contributed by atoms with Crippen LogP contribution in [-0.2, 0) is 6.42 Å². The zero-order valence-corrected chi connectivity index (χ0v) is 12.4. The first kappa shape index (κ1) is 14.1. The molecule has 2 aromatic carbocycles. The van der Waals surface area contributed by atoms with E-state index in [1.165, 1.54) is 0 Å². The van der Waals surface area contributed by atoms with Crippen molar-refractivity contribution < 1.29 is 5.11 Å². The fourth-order valence-electron chi connectivity index (χ4n) is 2.84.